The smallest absolute Gasteiger partial charge is 0.0527 e. The maximum Gasteiger partial charge on any atom is 0.0527 e. The van der Waals surface area contributed by atoms with Gasteiger partial charge in [-0.1, -0.05) is 68.7 Å². The highest BCUT2D eigenvalue weighted by atomic mass is 79.9. The van der Waals surface area contributed by atoms with Crippen molar-refractivity contribution < 1.29 is 0 Å². The van der Waals surface area contributed by atoms with Crippen LogP contribution in [0.3, 0.4) is 0 Å². The molecule has 0 N–H and O–H groups in total. The summed E-state index contributed by atoms with van der Waals surface area (Å²) in [6, 6.07) is 1.49. The third-order valence-corrected chi connectivity index (χ3v) is 9.69. The highest BCUT2D eigenvalue weighted by Crippen LogP contribution is 2.39. The first-order chi connectivity index (χ1) is 5.81. The Hall–Kier alpha value is 0.697. The molecule has 0 amide bonds. The molecule has 0 rings (SSSR count). The van der Waals surface area contributed by atoms with Crippen molar-refractivity contribution in [2.24, 2.45) is 0 Å². The molecule has 0 bridgehead atoms. The average Bonchev–Trinajstić information content (AvgIpc) is 1.96. The van der Waals surface area contributed by atoms with Gasteiger partial charge >= 0.3 is 0 Å². The highest BCUT2D eigenvalue weighted by Gasteiger charge is 2.33. The van der Waals surface area contributed by atoms with Crippen molar-refractivity contribution in [3.8, 4) is 0 Å². The molecule has 2 heteroatoms. The number of hydrogen-bond donors (Lipinski definition) is 0. The maximum absolute atomic E-state index is 3.48. The summed E-state index contributed by atoms with van der Waals surface area (Å²) >= 11 is 3.48. The SMILES string of the molecule is CC(C)(C)[Si](C)(C)CCCCCBr. The summed E-state index contributed by atoms with van der Waals surface area (Å²) in [5.74, 6) is 0. The molecule has 0 aliphatic heterocycles. The van der Waals surface area contributed by atoms with Gasteiger partial charge in [-0.2, -0.15) is 0 Å². The molecule has 0 atom stereocenters. The van der Waals surface area contributed by atoms with Gasteiger partial charge in [-0.3, -0.25) is 0 Å². The second kappa shape index (κ2) is 5.55. The minimum absolute atomic E-state index is 0.571. The molecule has 0 saturated heterocycles. The van der Waals surface area contributed by atoms with E-state index < -0.39 is 8.07 Å². The van der Waals surface area contributed by atoms with E-state index in [2.05, 4.69) is 49.8 Å². The minimum Gasteiger partial charge on any atom is -0.0928 e. The van der Waals surface area contributed by atoms with Crippen LogP contribution in [0.4, 0.5) is 0 Å². The molecule has 13 heavy (non-hydrogen) atoms. The van der Waals surface area contributed by atoms with Gasteiger partial charge in [0.05, 0.1) is 8.07 Å². The van der Waals surface area contributed by atoms with Crippen molar-refractivity contribution in [2.75, 3.05) is 5.33 Å². The van der Waals surface area contributed by atoms with Crippen molar-refractivity contribution in [3.63, 3.8) is 0 Å². The fourth-order valence-electron chi connectivity index (χ4n) is 1.21. The van der Waals surface area contributed by atoms with E-state index >= 15 is 0 Å². The van der Waals surface area contributed by atoms with Gasteiger partial charge in [-0.05, 0) is 11.5 Å². The minimum atomic E-state index is -0.970. The van der Waals surface area contributed by atoms with E-state index in [4.69, 9.17) is 0 Å². The number of halogens is 1. The number of unbranched alkanes of at least 4 members (excludes halogenated alkanes) is 2. The molecule has 0 fully saturated rings. The van der Waals surface area contributed by atoms with Crippen molar-refractivity contribution in [2.45, 2.75) is 64.2 Å². The van der Waals surface area contributed by atoms with E-state index in [-0.39, 0.29) is 0 Å². The van der Waals surface area contributed by atoms with Crippen molar-refractivity contribution in [3.05, 3.63) is 0 Å². The fourth-order valence-corrected chi connectivity index (χ4v) is 3.49. The summed E-state index contributed by atoms with van der Waals surface area (Å²) < 4.78 is 0. The van der Waals surface area contributed by atoms with E-state index in [0.717, 1.165) is 0 Å². The van der Waals surface area contributed by atoms with Crippen molar-refractivity contribution in [1.82, 2.24) is 0 Å². The molecule has 0 spiro atoms. The first kappa shape index (κ1) is 13.7. The third kappa shape index (κ3) is 5.21. The molecule has 0 saturated carbocycles. The molecule has 0 aliphatic rings. The Labute approximate surface area is 93.6 Å². The predicted octanol–water partition coefficient (Wildman–Crippen LogP) is 5.06. The molecule has 0 aromatic carbocycles. The Balaban J connectivity index is 3.77. The van der Waals surface area contributed by atoms with Crippen molar-refractivity contribution in [1.29, 1.82) is 0 Å². The lowest BCUT2D eigenvalue weighted by Gasteiger charge is -2.37. The molecule has 0 aromatic heterocycles. The highest BCUT2D eigenvalue weighted by molar-refractivity contribution is 9.09. The number of rotatable bonds is 5. The van der Waals surface area contributed by atoms with Crippen LogP contribution in [0, 0.1) is 0 Å². The van der Waals surface area contributed by atoms with Gasteiger partial charge in [0.1, 0.15) is 0 Å². The van der Waals surface area contributed by atoms with E-state index in [0.29, 0.717) is 5.04 Å². The molecule has 0 aliphatic carbocycles. The standard InChI is InChI=1S/C11H25BrSi/c1-11(2,3)13(4,5)10-8-6-7-9-12/h6-10H2,1-5H3. The van der Waals surface area contributed by atoms with Crippen LogP contribution >= 0.6 is 15.9 Å². The van der Waals surface area contributed by atoms with Crippen LogP contribution in [-0.2, 0) is 0 Å². The second-order valence-corrected chi connectivity index (χ2v) is 12.2. The molecular formula is C11H25BrSi. The van der Waals surface area contributed by atoms with Crippen LogP contribution in [0.2, 0.25) is 24.2 Å². The zero-order valence-electron chi connectivity index (χ0n) is 9.91. The largest absolute Gasteiger partial charge is 0.0928 e. The summed E-state index contributed by atoms with van der Waals surface area (Å²) in [6.45, 7) is 12.3. The lowest BCUT2D eigenvalue weighted by atomic mass is 10.2. The summed E-state index contributed by atoms with van der Waals surface area (Å²) in [6.07, 6.45) is 4.18. The van der Waals surface area contributed by atoms with Crippen molar-refractivity contribution >= 4 is 24.0 Å². The quantitative estimate of drug-likeness (QED) is 0.370. The normalized spacial score (nSPS) is 13.4. The van der Waals surface area contributed by atoms with Gasteiger partial charge in [-0.25, -0.2) is 0 Å². The van der Waals surface area contributed by atoms with Gasteiger partial charge in [0.15, 0.2) is 0 Å². The summed E-state index contributed by atoms with van der Waals surface area (Å²) in [5.41, 5.74) is 0. The number of alkyl halides is 1. The van der Waals surface area contributed by atoms with Gasteiger partial charge < -0.3 is 0 Å². The molecule has 0 heterocycles. The molecule has 0 aromatic rings. The van der Waals surface area contributed by atoms with Crippen LogP contribution in [0.1, 0.15) is 40.0 Å². The van der Waals surface area contributed by atoms with E-state index in [1.54, 1.807) is 0 Å². The number of hydrogen-bond acceptors (Lipinski definition) is 0. The first-order valence-corrected chi connectivity index (χ1v) is 9.70. The molecular weight excluding hydrogens is 240 g/mol. The van der Waals surface area contributed by atoms with E-state index in [1.807, 2.05) is 0 Å². The Morgan fingerprint density at radius 1 is 1.00 bits per heavy atom. The lowest BCUT2D eigenvalue weighted by Crippen LogP contribution is -2.36. The van der Waals surface area contributed by atoms with E-state index in [9.17, 15) is 0 Å². The topological polar surface area (TPSA) is 0 Å². The Bertz CT molecular complexity index is 136. The predicted molar refractivity (Wildman–Crippen MR) is 69.6 cm³/mol. The Morgan fingerprint density at radius 2 is 1.54 bits per heavy atom. The fraction of sp³-hybridized carbons (Fsp3) is 1.00. The average molecular weight is 265 g/mol. The van der Waals surface area contributed by atoms with Gasteiger partial charge in [0, 0.05) is 5.33 Å². The lowest BCUT2D eigenvalue weighted by molar-refractivity contribution is 0.691. The first-order valence-electron chi connectivity index (χ1n) is 5.37. The summed E-state index contributed by atoms with van der Waals surface area (Å²) in [7, 11) is -0.970. The van der Waals surface area contributed by atoms with E-state index in [1.165, 1.54) is 30.6 Å². The van der Waals surface area contributed by atoms with Crippen LogP contribution in [-0.4, -0.2) is 13.4 Å². The van der Waals surface area contributed by atoms with Crippen LogP contribution in [0.15, 0.2) is 0 Å². The molecule has 0 unspecified atom stereocenters. The Kier molecular flexibility index (Phi) is 5.84. The second-order valence-electron chi connectivity index (χ2n) is 5.63. The monoisotopic (exact) mass is 264 g/mol. The molecule has 0 nitrogen and oxygen atoms in total. The zero-order valence-corrected chi connectivity index (χ0v) is 12.5. The van der Waals surface area contributed by atoms with Crippen LogP contribution in [0.5, 0.6) is 0 Å². The van der Waals surface area contributed by atoms with Gasteiger partial charge in [0.25, 0.3) is 0 Å². The Morgan fingerprint density at radius 3 is 1.92 bits per heavy atom. The van der Waals surface area contributed by atoms with Gasteiger partial charge in [-0.15, -0.1) is 0 Å². The van der Waals surface area contributed by atoms with Crippen LogP contribution in [0.25, 0.3) is 0 Å². The summed E-state index contributed by atoms with van der Waals surface area (Å²) in [5, 5.41) is 1.74. The van der Waals surface area contributed by atoms with Gasteiger partial charge in [0.2, 0.25) is 0 Å². The maximum atomic E-state index is 3.48. The molecule has 80 valence electrons. The summed E-state index contributed by atoms with van der Waals surface area (Å²) in [4.78, 5) is 0. The van der Waals surface area contributed by atoms with Crippen LogP contribution < -0.4 is 0 Å². The zero-order chi connectivity index (χ0) is 10.5. The molecule has 0 radical (unpaired) electrons. The third-order valence-electron chi connectivity index (χ3n) is 3.47.